The highest BCUT2D eigenvalue weighted by atomic mass is 16.2. The van der Waals surface area contributed by atoms with Crippen molar-refractivity contribution in [2.24, 2.45) is 5.73 Å². The van der Waals surface area contributed by atoms with E-state index < -0.39 is 0 Å². The second kappa shape index (κ2) is 5.69. The van der Waals surface area contributed by atoms with Crippen LogP contribution in [0.5, 0.6) is 0 Å². The molecule has 2 aromatic heterocycles. The fourth-order valence-corrected chi connectivity index (χ4v) is 2.82. The quantitative estimate of drug-likeness (QED) is 0.774. The van der Waals surface area contributed by atoms with Gasteiger partial charge in [0.25, 0.3) is 0 Å². The van der Waals surface area contributed by atoms with Crippen molar-refractivity contribution in [3.8, 4) is 0 Å². The number of hydrogen-bond acceptors (Lipinski definition) is 5. The minimum atomic E-state index is -0.147. The van der Waals surface area contributed by atoms with E-state index in [-0.39, 0.29) is 18.1 Å². The molecule has 2 heterocycles. The molecule has 0 unspecified atom stereocenters. The van der Waals surface area contributed by atoms with Gasteiger partial charge in [-0.3, -0.25) is 4.57 Å². The molecular weight excluding hydrogens is 268 g/mol. The Bertz CT molecular complexity index is 644. The summed E-state index contributed by atoms with van der Waals surface area (Å²) in [6.45, 7) is 0. The maximum atomic E-state index is 12.4. The molecule has 21 heavy (non-hydrogen) atoms. The first-order valence-electron chi connectivity index (χ1n) is 7.25. The van der Waals surface area contributed by atoms with Gasteiger partial charge in [0.2, 0.25) is 0 Å². The van der Waals surface area contributed by atoms with Crippen LogP contribution in [-0.2, 0) is 0 Å². The lowest BCUT2D eigenvalue weighted by molar-refractivity contribution is 0.233. The maximum absolute atomic E-state index is 12.4. The van der Waals surface area contributed by atoms with E-state index in [0.717, 1.165) is 36.9 Å². The Morgan fingerprint density at radius 3 is 2.81 bits per heavy atom. The van der Waals surface area contributed by atoms with Gasteiger partial charge in [-0.2, -0.15) is 0 Å². The lowest BCUT2D eigenvalue weighted by Crippen LogP contribution is -2.42. The van der Waals surface area contributed by atoms with E-state index in [0.29, 0.717) is 5.65 Å². The molecule has 0 spiro atoms. The van der Waals surface area contributed by atoms with E-state index in [4.69, 9.17) is 5.73 Å². The molecule has 1 aliphatic rings. The van der Waals surface area contributed by atoms with E-state index in [1.807, 2.05) is 6.07 Å². The number of carbonyl (C=O) groups excluding carboxylic acids is 1. The van der Waals surface area contributed by atoms with Crippen LogP contribution in [0.4, 0.5) is 10.6 Å². The Labute approximate surface area is 122 Å². The Hall–Kier alpha value is -2.15. The van der Waals surface area contributed by atoms with Crippen LogP contribution >= 0.6 is 0 Å². The van der Waals surface area contributed by atoms with Crippen LogP contribution in [0.15, 0.2) is 18.6 Å². The number of rotatable bonds is 2. The monoisotopic (exact) mass is 288 g/mol. The van der Waals surface area contributed by atoms with Crippen molar-refractivity contribution >= 4 is 22.9 Å². The maximum Gasteiger partial charge on any atom is 0.327 e. The molecule has 0 atom stereocenters. The Morgan fingerprint density at radius 1 is 1.33 bits per heavy atom. The molecule has 0 bridgehead atoms. The fraction of sp³-hybridized carbons (Fsp3) is 0.500. The van der Waals surface area contributed by atoms with Crippen LogP contribution in [0.3, 0.4) is 0 Å². The van der Waals surface area contributed by atoms with E-state index in [1.165, 1.54) is 10.9 Å². The SMILES string of the molecule is CNc1ncnc2c1ccn2C(=O)NC1CCC(N)CC1. The summed E-state index contributed by atoms with van der Waals surface area (Å²) in [6.07, 6.45) is 6.97. The van der Waals surface area contributed by atoms with Gasteiger partial charge in [-0.05, 0) is 31.7 Å². The summed E-state index contributed by atoms with van der Waals surface area (Å²) < 4.78 is 1.53. The second-order valence-corrected chi connectivity index (χ2v) is 5.46. The van der Waals surface area contributed by atoms with Crippen LogP contribution < -0.4 is 16.4 Å². The average molecular weight is 288 g/mol. The molecule has 0 aliphatic heterocycles. The number of hydrogen-bond donors (Lipinski definition) is 3. The minimum Gasteiger partial charge on any atom is -0.372 e. The summed E-state index contributed by atoms with van der Waals surface area (Å²) in [7, 11) is 1.80. The summed E-state index contributed by atoms with van der Waals surface area (Å²) in [5.41, 5.74) is 6.50. The number of carbonyl (C=O) groups is 1. The lowest BCUT2D eigenvalue weighted by atomic mass is 9.92. The largest absolute Gasteiger partial charge is 0.372 e. The van der Waals surface area contributed by atoms with Crippen LogP contribution in [0.25, 0.3) is 11.0 Å². The summed E-state index contributed by atoms with van der Waals surface area (Å²) in [4.78, 5) is 20.8. The van der Waals surface area contributed by atoms with Crippen molar-refractivity contribution in [1.29, 1.82) is 0 Å². The van der Waals surface area contributed by atoms with Crippen molar-refractivity contribution in [3.63, 3.8) is 0 Å². The predicted octanol–water partition coefficient (Wildman–Crippen LogP) is 1.30. The van der Waals surface area contributed by atoms with Gasteiger partial charge in [0.05, 0.1) is 5.39 Å². The van der Waals surface area contributed by atoms with Crippen molar-refractivity contribution in [1.82, 2.24) is 19.9 Å². The highest BCUT2D eigenvalue weighted by Gasteiger charge is 2.21. The molecule has 7 heteroatoms. The number of nitrogens with two attached hydrogens (primary N) is 1. The van der Waals surface area contributed by atoms with E-state index in [1.54, 1.807) is 13.2 Å². The van der Waals surface area contributed by atoms with Crippen LogP contribution in [0.2, 0.25) is 0 Å². The first-order valence-corrected chi connectivity index (χ1v) is 7.25. The number of nitrogens with zero attached hydrogens (tertiary/aromatic N) is 3. The molecule has 3 rings (SSSR count). The number of anilines is 1. The third kappa shape index (κ3) is 2.69. The molecule has 4 N–H and O–H groups in total. The zero-order valence-electron chi connectivity index (χ0n) is 12.0. The molecule has 0 saturated heterocycles. The number of aromatic nitrogens is 3. The normalized spacial score (nSPS) is 22.2. The standard InChI is InChI=1S/C14H20N6O/c1-16-12-11-6-7-20(13(11)18-8-17-12)14(21)19-10-4-2-9(15)3-5-10/h6-10H,2-5,15H2,1H3,(H,19,21)(H,16,17,18). The topological polar surface area (TPSA) is 97.9 Å². The lowest BCUT2D eigenvalue weighted by Gasteiger charge is -2.26. The Kier molecular flexibility index (Phi) is 3.74. The van der Waals surface area contributed by atoms with E-state index >= 15 is 0 Å². The van der Waals surface area contributed by atoms with Gasteiger partial charge in [0.1, 0.15) is 12.1 Å². The van der Waals surface area contributed by atoms with Gasteiger partial charge in [0.15, 0.2) is 5.65 Å². The van der Waals surface area contributed by atoms with Gasteiger partial charge in [-0.15, -0.1) is 0 Å². The van der Waals surface area contributed by atoms with Crippen LogP contribution in [-0.4, -0.2) is 39.7 Å². The van der Waals surface area contributed by atoms with Gasteiger partial charge < -0.3 is 16.4 Å². The number of amides is 1. The molecule has 1 aliphatic carbocycles. The fourth-order valence-electron chi connectivity index (χ4n) is 2.82. The molecule has 1 fully saturated rings. The summed E-state index contributed by atoms with van der Waals surface area (Å²) in [5.74, 6) is 0.718. The van der Waals surface area contributed by atoms with Crippen LogP contribution in [0.1, 0.15) is 25.7 Å². The molecule has 1 amide bonds. The molecule has 2 aromatic rings. The predicted molar refractivity (Wildman–Crippen MR) is 81.2 cm³/mol. The first-order chi connectivity index (χ1) is 10.2. The van der Waals surface area contributed by atoms with Crippen molar-refractivity contribution in [2.75, 3.05) is 12.4 Å². The zero-order valence-corrected chi connectivity index (χ0v) is 12.0. The molecule has 0 radical (unpaired) electrons. The second-order valence-electron chi connectivity index (χ2n) is 5.46. The van der Waals surface area contributed by atoms with Gasteiger partial charge in [-0.25, -0.2) is 14.8 Å². The summed E-state index contributed by atoms with van der Waals surface area (Å²) in [5, 5.41) is 6.89. The van der Waals surface area contributed by atoms with Gasteiger partial charge >= 0.3 is 6.03 Å². The number of nitrogens with one attached hydrogen (secondary N) is 2. The molecule has 1 saturated carbocycles. The van der Waals surface area contributed by atoms with E-state index in [9.17, 15) is 4.79 Å². The highest BCUT2D eigenvalue weighted by Crippen LogP contribution is 2.21. The Morgan fingerprint density at radius 2 is 2.10 bits per heavy atom. The third-order valence-electron chi connectivity index (χ3n) is 4.04. The highest BCUT2D eigenvalue weighted by molar-refractivity contribution is 5.94. The smallest absolute Gasteiger partial charge is 0.327 e. The molecular formula is C14H20N6O. The molecule has 112 valence electrons. The van der Waals surface area contributed by atoms with Crippen molar-refractivity contribution < 1.29 is 4.79 Å². The van der Waals surface area contributed by atoms with Gasteiger partial charge in [0, 0.05) is 25.3 Å². The third-order valence-corrected chi connectivity index (χ3v) is 4.04. The van der Waals surface area contributed by atoms with Gasteiger partial charge in [-0.1, -0.05) is 0 Å². The molecule has 7 nitrogen and oxygen atoms in total. The average Bonchev–Trinajstić information content (AvgIpc) is 2.93. The number of fused-ring (bicyclic) bond motifs is 1. The van der Waals surface area contributed by atoms with Crippen LogP contribution in [0, 0.1) is 0 Å². The Balaban J connectivity index is 1.79. The summed E-state index contributed by atoms with van der Waals surface area (Å²) in [6, 6.07) is 2.17. The zero-order chi connectivity index (χ0) is 14.8. The summed E-state index contributed by atoms with van der Waals surface area (Å²) >= 11 is 0. The molecule has 0 aromatic carbocycles. The van der Waals surface area contributed by atoms with Crippen molar-refractivity contribution in [3.05, 3.63) is 18.6 Å². The van der Waals surface area contributed by atoms with E-state index in [2.05, 4.69) is 20.6 Å². The minimum absolute atomic E-state index is 0.147. The van der Waals surface area contributed by atoms with Crippen molar-refractivity contribution in [2.45, 2.75) is 37.8 Å². The first kappa shape index (κ1) is 13.8.